The van der Waals surface area contributed by atoms with Crippen LogP contribution in [0, 0.1) is 6.92 Å². The highest BCUT2D eigenvalue weighted by molar-refractivity contribution is 6.04. The number of amides is 1. The van der Waals surface area contributed by atoms with E-state index in [4.69, 9.17) is 8.94 Å². The van der Waals surface area contributed by atoms with Crippen LogP contribution < -0.4 is 5.32 Å². The van der Waals surface area contributed by atoms with Gasteiger partial charge in [-0.25, -0.2) is 0 Å². The minimum atomic E-state index is -0.205. The molecule has 2 aromatic heterocycles. The normalized spacial score (nSPS) is 11.0. The van der Waals surface area contributed by atoms with Crippen molar-refractivity contribution in [2.24, 2.45) is 0 Å². The Kier molecular flexibility index (Phi) is 3.97. The van der Waals surface area contributed by atoms with E-state index >= 15 is 0 Å². The van der Waals surface area contributed by atoms with Crippen LogP contribution in [0.4, 0.5) is 5.69 Å². The van der Waals surface area contributed by atoms with Crippen molar-refractivity contribution < 1.29 is 13.7 Å². The van der Waals surface area contributed by atoms with E-state index in [-0.39, 0.29) is 11.8 Å². The van der Waals surface area contributed by atoms with Crippen molar-refractivity contribution in [2.45, 2.75) is 26.7 Å². The highest BCUT2D eigenvalue weighted by Crippen LogP contribution is 2.22. The molecule has 6 heteroatoms. The number of nitrogens with zero attached hydrogens (tertiary/aromatic N) is 2. The van der Waals surface area contributed by atoms with Crippen LogP contribution >= 0.6 is 0 Å². The summed E-state index contributed by atoms with van der Waals surface area (Å²) in [5.41, 5.74) is 2.01. The van der Waals surface area contributed by atoms with Gasteiger partial charge >= 0.3 is 0 Å². The fraction of sp³-hybridized carbons (Fsp3) is 0.235. The van der Waals surface area contributed by atoms with Gasteiger partial charge in [0.25, 0.3) is 11.8 Å². The van der Waals surface area contributed by atoms with Crippen LogP contribution in [-0.2, 0) is 0 Å². The summed E-state index contributed by atoms with van der Waals surface area (Å²) >= 11 is 0. The highest BCUT2D eigenvalue weighted by atomic mass is 16.5. The second-order valence-corrected chi connectivity index (χ2v) is 5.53. The minimum Gasteiger partial charge on any atom is -0.469 e. The predicted molar refractivity (Wildman–Crippen MR) is 85.2 cm³/mol. The lowest BCUT2D eigenvalue weighted by Gasteiger charge is -2.04. The van der Waals surface area contributed by atoms with Gasteiger partial charge in [0.05, 0.1) is 11.8 Å². The predicted octanol–water partition coefficient (Wildman–Crippen LogP) is 4.01. The average molecular weight is 311 g/mol. The van der Waals surface area contributed by atoms with Crippen LogP contribution in [0.3, 0.4) is 0 Å². The number of hydrogen-bond acceptors (Lipinski definition) is 5. The van der Waals surface area contributed by atoms with E-state index in [0.29, 0.717) is 28.7 Å². The Morgan fingerprint density at radius 2 is 1.91 bits per heavy atom. The summed E-state index contributed by atoms with van der Waals surface area (Å²) in [5, 5.41) is 6.76. The lowest BCUT2D eigenvalue weighted by atomic mass is 10.2. The summed E-state index contributed by atoms with van der Waals surface area (Å²) in [5.74, 6) is 1.74. The third kappa shape index (κ3) is 3.15. The lowest BCUT2D eigenvalue weighted by Crippen LogP contribution is -2.11. The standard InChI is InChI=1S/C17H17N3O3/c1-10(2)15-19-17(23-20-15)12-4-6-13(7-5-12)18-16(21)14-8-9-22-11(14)3/h4-10H,1-3H3,(H,18,21). The molecule has 0 bridgehead atoms. The summed E-state index contributed by atoms with van der Waals surface area (Å²) in [6.45, 7) is 5.76. The first kappa shape index (κ1) is 15.0. The Morgan fingerprint density at radius 1 is 1.17 bits per heavy atom. The van der Waals surface area contributed by atoms with Crippen molar-refractivity contribution >= 4 is 11.6 Å². The molecule has 0 aliphatic carbocycles. The molecule has 0 radical (unpaired) electrons. The fourth-order valence-electron chi connectivity index (χ4n) is 2.10. The van der Waals surface area contributed by atoms with E-state index in [1.807, 2.05) is 26.0 Å². The zero-order valence-corrected chi connectivity index (χ0v) is 13.2. The third-order valence-electron chi connectivity index (χ3n) is 3.45. The van der Waals surface area contributed by atoms with Gasteiger partial charge in [-0.1, -0.05) is 19.0 Å². The van der Waals surface area contributed by atoms with Crippen LogP contribution in [0.25, 0.3) is 11.5 Å². The molecule has 0 aliphatic heterocycles. The Hall–Kier alpha value is -2.89. The van der Waals surface area contributed by atoms with Crippen LogP contribution in [0.15, 0.2) is 45.5 Å². The molecule has 1 N–H and O–H groups in total. The summed E-state index contributed by atoms with van der Waals surface area (Å²) in [6, 6.07) is 8.89. The summed E-state index contributed by atoms with van der Waals surface area (Å²) in [6.07, 6.45) is 1.50. The van der Waals surface area contributed by atoms with Crippen molar-refractivity contribution in [3.8, 4) is 11.5 Å². The Morgan fingerprint density at radius 3 is 2.48 bits per heavy atom. The number of carbonyl (C=O) groups is 1. The molecular formula is C17H17N3O3. The first-order chi connectivity index (χ1) is 11.0. The number of aromatic nitrogens is 2. The topological polar surface area (TPSA) is 81.2 Å². The van der Waals surface area contributed by atoms with Crippen molar-refractivity contribution in [3.05, 3.63) is 53.7 Å². The molecule has 118 valence electrons. The number of rotatable bonds is 4. The van der Waals surface area contributed by atoms with Crippen molar-refractivity contribution in [2.75, 3.05) is 5.32 Å². The highest BCUT2D eigenvalue weighted by Gasteiger charge is 2.13. The number of nitrogens with one attached hydrogen (secondary N) is 1. The summed E-state index contributed by atoms with van der Waals surface area (Å²) in [7, 11) is 0. The van der Waals surface area contributed by atoms with Crippen molar-refractivity contribution in [1.29, 1.82) is 0 Å². The molecule has 0 unspecified atom stereocenters. The van der Waals surface area contributed by atoms with E-state index < -0.39 is 0 Å². The quantitative estimate of drug-likeness (QED) is 0.787. The third-order valence-corrected chi connectivity index (χ3v) is 3.45. The first-order valence-electron chi connectivity index (χ1n) is 7.34. The number of carbonyl (C=O) groups excluding carboxylic acids is 1. The maximum Gasteiger partial charge on any atom is 0.259 e. The molecule has 0 aliphatic rings. The van der Waals surface area contributed by atoms with Gasteiger partial charge in [0, 0.05) is 17.2 Å². The average Bonchev–Trinajstić information content (AvgIpc) is 3.17. The van der Waals surface area contributed by atoms with E-state index in [9.17, 15) is 4.79 Å². The first-order valence-corrected chi connectivity index (χ1v) is 7.34. The number of furan rings is 1. The molecule has 0 fully saturated rings. The molecule has 0 spiro atoms. The van der Waals surface area contributed by atoms with Crippen LogP contribution in [0.5, 0.6) is 0 Å². The Labute approximate surface area is 133 Å². The molecule has 6 nitrogen and oxygen atoms in total. The molecule has 1 aromatic carbocycles. The number of anilines is 1. The number of hydrogen-bond donors (Lipinski definition) is 1. The molecular weight excluding hydrogens is 294 g/mol. The van der Waals surface area contributed by atoms with Crippen LogP contribution in [0.2, 0.25) is 0 Å². The summed E-state index contributed by atoms with van der Waals surface area (Å²) in [4.78, 5) is 16.5. The molecule has 0 saturated heterocycles. The van der Waals surface area contributed by atoms with Gasteiger partial charge in [-0.15, -0.1) is 0 Å². The molecule has 23 heavy (non-hydrogen) atoms. The second-order valence-electron chi connectivity index (χ2n) is 5.53. The zero-order chi connectivity index (χ0) is 16.4. The number of benzene rings is 1. The maximum atomic E-state index is 12.1. The maximum absolute atomic E-state index is 12.1. The van der Waals surface area contributed by atoms with Crippen LogP contribution in [-0.4, -0.2) is 16.0 Å². The largest absolute Gasteiger partial charge is 0.469 e. The number of aryl methyl sites for hydroxylation is 1. The molecule has 0 saturated carbocycles. The zero-order valence-electron chi connectivity index (χ0n) is 13.2. The molecule has 1 amide bonds. The molecule has 0 atom stereocenters. The monoisotopic (exact) mass is 311 g/mol. The molecule has 2 heterocycles. The van der Waals surface area contributed by atoms with Crippen LogP contribution in [0.1, 0.15) is 41.7 Å². The van der Waals surface area contributed by atoms with E-state index in [2.05, 4.69) is 15.5 Å². The van der Waals surface area contributed by atoms with E-state index in [1.165, 1.54) is 6.26 Å². The van der Waals surface area contributed by atoms with Gasteiger partial charge in [-0.2, -0.15) is 4.98 Å². The molecule has 3 rings (SSSR count). The Balaban J connectivity index is 1.74. The minimum absolute atomic E-state index is 0.205. The van der Waals surface area contributed by atoms with E-state index in [1.54, 1.807) is 25.1 Å². The second kappa shape index (κ2) is 6.08. The fourth-order valence-corrected chi connectivity index (χ4v) is 2.10. The smallest absolute Gasteiger partial charge is 0.259 e. The van der Waals surface area contributed by atoms with Crippen molar-refractivity contribution in [3.63, 3.8) is 0 Å². The van der Waals surface area contributed by atoms with Gasteiger partial charge in [-0.05, 0) is 37.3 Å². The van der Waals surface area contributed by atoms with Gasteiger partial charge in [0.2, 0.25) is 0 Å². The van der Waals surface area contributed by atoms with Crippen molar-refractivity contribution in [1.82, 2.24) is 10.1 Å². The SMILES string of the molecule is Cc1occc1C(=O)Nc1ccc(-c2nc(C(C)C)no2)cc1. The van der Waals surface area contributed by atoms with Gasteiger partial charge < -0.3 is 14.3 Å². The van der Waals surface area contributed by atoms with E-state index in [0.717, 1.165) is 5.56 Å². The van der Waals surface area contributed by atoms with Gasteiger partial charge in [0.1, 0.15) is 5.76 Å². The Bertz CT molecular complexity index is 816. The van der Waals surface area contributed by atoms with Gasteiger partial charge in [0.15, 0.2) is 5.82 Å². The van der Waals surface area contributed by atoms with Gasteiger partial charge in [-0.3, -0.25) is 4.79 Å². The molecule has 3 aromatic rings. The summed E-state index contributed by atoms with van der Waals surface area (Å²) < 4.78 is 10.4. The lowest BCUT2D eigenvalue weighted by molar-refractivity contribution is 0.102.